The number of rotatable bonds is 5. The molecule has 1 amide bonds. The molecule has 174 valence electrons. The highest BCUT2D eigenvalue weighted by Gasteiger charge is 2.34. The third-order valence-corrected chi connectivity index (χ3v) is 7.97. The molecule has 9 heteroatoms. The number of hydrogen-bond donors (Lipinski definition) is 2. The number of piperidine rings is 1. The summed E-state index contributed by atoms with van der Waals surface area (Å²) in [5, 5.41) is 2.79. The van der Waals surface area contributed by atoms with Crippen LogP contribution in [0.5, 0.6) is 0 Å². The lowest BCUT2D eigenvalue weighted by Gasteiger charge is -2.34. The molecule has 2 bridgehead atoms. The number of carbonyl (C=O) groups excluding carboxylic acids is 1. The molecule has 1 aliphatic carbocycles. The second-order valence-corrected chi connectivity index (χ2v) is 10.4. The van der Waals surface area contributed by atoms with Crippen molar-refractivity contribution >= 4 is 39.0 Å². The van der Waals surface area contributed by atoms with E-state index in [0.29, 0.717) is 32.7 Å². The Morgan fingerprint density at radius 2 is 2.00 bits per heavy atom. The van der Waals surface area contributed by atoms with Gasteiger partial charge in [0.25, 0.3) is 5.91 Å². The predicted molar refractivity (Wildman–Crippen MR) is 127 cm³/mol. The minimum absolute atomic E-state index is 0.149. The van der Waals surface area contributed by atoms with Crippen molar-refractivity contribution in [2.75, 3.05) is 30.3 Å². The zero-order valence-corrected chi connectivity index (χ0v) is 19.5. The maximum absolute atomic E-state index is 15.0. The molecule has 5 rings (SSSR count). The van der Waals surface area contributed by atoms with Crippen LogP contribution in [0.3, 0.4) is 0 Å². The molecule has 2 aliphatic rings. The van der Waals surface area contributed by atoms with E-state index in [9.17, 15) is 13.6 Å². The van der Waals surface area contributed by atoms with Gasteiger partial charge in [-0.25, -0.2) is 18.7 Å². The fourth-order valence-electron chi connectivity index (χ4n) is 5.15. The molecular formula is C24H27F2N5OS. The number of amides is 1. The number of halogens is 2. The largest absolute Gasteiger partial charge is 0.396 e. The van der Waals surface area contributed by atoms with Crippen LogP contribution in [0, 0.1) is 30.4 Å². The van der Waals surface area contributed by atoms with Crippen LogP contribution in [-0.2, 0) is 0 Å². The third kappa shape index (κ3) is 4.14. The summed E-state index contributed by atoms with van der Waals surface area (Å²) in [4.78, 5) is 24.3. The van der Waals surface area contributed by atoms with E-state index in [1.165, 1.54) is 42.7 Å². The van der Waals surface area contributed by atoms with E-state index in [1.54, 1.807) is 13.1 Å². The van der Waals surface area contributed by atoms with Crippen LogP contribution in [0.4, 0.5) is 20.2 Å². The van der Waals surface area contributed by atoms with E-state index in [2.05, 4.69) is 15.3 Å². The van der Waals surface area contributed by atoms with Crippen molar-refractivity contribution in [3.63, 3.8) is 0 Å². The number of hydrogen-bond acceptors (Lipinski definition) is 6. The summed E-state index contributed by atoms with van der Waals surface area (Å²) in [7, 11) is 0. The molecule has 3 atom stereocenters. The fraction of sp³-hybridized carbons (Fsp3) is 0.458. The molecule has 3 heterocycles. The number of thiophene rings is 1. The lowest BCUT2D eigenvalue weighted by atomic mass is 9.96. The van der Waals surface area contributed by atoms with Crippen molar-refractivity contribution in [3.8, 4) is 0 Å². The molecule has 2 aromatic heterocycles. The highest BCUT2D eigenvalue weighted by atomic mass is 32.1. The molecule has 1 saturated heterocycles. The lowest BCUT2D eigenvalue weighted by Crippen LogP contribution is -2.37. The number of aryl methyl sites for hydroxylation is 1. The second-order valence-electron chi connectivity index (χ2n) is 9.40. The molecule has 1 aliphatic heterocycles. The van der Waals surface area contributed by atoms with Gasteiger partial charge >= 0.3 is 0 Å². The highest BCUT2D eigenvalue weighted by Crippen LogP contribution is 2.39. The Hall–Kier alpha value is -2.81. The van der Waals surface area contributed by atoms with E-state index in [1.807, 2.05) is 11.8 Å². The van der Waals surface area contributed by atoms with Crippen molar-refractivity contribution in [2.45, 2.75) is 39.0 Å². The maximum Gasteiger partial charge on any atom is 0.263 e. The van der Waals surface area contributed by atoms with Crippen LogP contribution in [-0.4, -0.2) is 35.5 Å². The van der Waals surface area contributed by atoms with Crippen molar-refractivity contribution in [2.24, 2.45) is 11.8 Å². The molecule has 1 aromatic carbocycles. The van der Waals surface area contributed by atoms with Gasteiger partial charge in [0, 0.05) is 37.8 Å². The van der Waals surface area contributed by atoms with Gasteiger partial charge in [-0.2, -0.15) is 0 Å². The third-order valence-electron chi connectivity index (χ3n) is 6.88. The predicted octanol–water partition coefficient (Wildman–Crippen LogP) is 4.63. The molecule has 3 N–H and O–H groups in total. The van der Waals surface area contributed by atoms with Gasteiger partial charge in [-0.05, 0) is 49.7 Å². The maximum atomic E-state index is 15.0. The molecule has 0 spiro atoms. The van der Waals surface area contributed by atoms with Crippen LogP contribution in [0.25, 0.3) is 10.3 Å². The minimum Gasteiger partial charge on any atom is -0.396 e. The van der Waals surface area contributed by atoms with Crippen LogP contribution in [0.1, 0.15) is 53.0 Å². The summed E-state index contributed by atoms with van der Waals surface area (Å²) >= 11 is 1.17. The Kier molecular flexibility index (Phi) is 5.68. The van der Waals surface area contributed by atoms with Crippen LogP contribution < -0.4 is 16.0 Å². The number of nitrogens with zero attached hydrogens (tertiary/aromatic N) is 3. The SMILES string of the molecule is Cc1cnc2c(N)c(C(=O)NCC(C)c3cc(F)c(N4CC5CCC(C5)C4)cc3F)sc2n1. The minimum atomic E-state index is -0.448. The number of benzene rings is 1. The summed E-state index contributed by atoms with van der Waals surface area (Å²) in [6.45, 7) is 5.31. The number of fused-ring (bicyclic) bond motifs is 3. The standard InChI is InChI=1S/C24H27F2N5OS/c1-12(8-29-23(32)22-20(27)21-24(33-22)30-13(2)9-28-21)16-6-18(26)19(7-17(16)25)31-10-14-3-4-15(5-14)11-31/h6-7,9,12,14-15H,3-5,8,10-11,27H2,1-2H3,(H,29,32). The Labute approximate surface area is 195 Å². The van der Waals surface area contributed by atoms with Crippen molar-refractivity contribution in [1.82, 2.24) is 15.3 Å². The van der Waals surface area contributed by atoms with Crippen LogP contribution in [0.2, 0.25) is 0 Å². The summed E-state index contributed by atoms with van der Waals surface area (Å²) in [5.41, 5.74) is 8.21. The molecule has 2 fully saturated rings. The molecule has 6 nitrogen and oxygen atoms in total. The molecule has 0 radical (unpaired) electrons. The first-order valence-electron chi connectivity index (χ1n) is 11.3. The summed E-state index contributed by atoms with van der Waals surface area (Å²) in [5.74, 6) is -0.484. The lowest BCUT2D eigenvalue weighted by molar-refractivity contribution is 0.0956. The molecular weight excluding hydrogens is 444 g/mol. The summed E-state index contributed by atoms with van der Waals surface area (Å²) in [6, 6.07) is 2.60. The average Bonchev–Trinajstić information content (AvgIpc) is 3.30. The van der Waals surface area contributed by atoms with E-state index in [-0.39, 0.29) is 23.7 Å². The number of aromatic nitrogens is 2. The number of nitrogens with one attached hydrogen (secondary N) is 1. The van der Waals surface area contributed by atoms with Gasteiger partial charge in [0.1, 0.15) is 26.9 Å². The van der Waals surface area contributed by atoms with Crippen LogP contribution in [0.15, 0.2) is 18.3 Å². The number of nitrogen functional groups attached to an aromatic ring is 1. The smallest absolute Gasteiger partial charge is 0.263 e. The average molecular weight is 472 g/mol. The normalized spacial score (nSPS) is 20.9. The topological polar surface area (TPSA) is 84.1 Å². The first-order valence-corrected chi connectivity index (χ1v) is 12.2. The zero-order chi connectivity index (χ0) is 23.3. The van der Waals surface area contributed by atoms with Gasteiger partial charge in [0.05, 0.1) is 17.1 Å². The molecule has 1 saturated carbocycles. The Bertz CT molecular complexity index is 1220. The van der Waals surface area contributed by atoms with E-state index >= 15 is 0 Å². The van der Waals surface area contributed by atoms with E-state index < -0.39 is 17.6 Å². The van der Waals surface area contributed by atoms with Crippen molar-refractivity contribution in [3.05, 3.63) is 46.1 Å². The monoisotopic (exact) mass is 471 g/mol. The van der Waals surface area contributed by atoms with Gasteiger partial charge in [-0.1, -0.05) is 6.92 Å². The number of anilines is 2. The van der Waals surface area contributed by atoms with Gasteiger partial charge in [0.2, 0.25) is 0 Å². The Morgan fingerprint density at radius 1 is 1.27 bits per heavy atom. The summed E-state index contributed by atoms with van der Waals surface area (Å²) < 4.78 is 30.0. The Balaban J connectivity index is 1.29. The second kappa shape index (κ2) is 8.52. The van der Waals surface area contributed by atoms with Gasteiger partial charge in [-0.3, -0.25) is 4.79 Å². The van der Waals surface area contributed by atoms with Crippen molar-refractivity contribution in [1.29, 1.82) is 0 Å². The first-order chi connectivity index (χ1) is 15.8. The van der Waals surface area contributed by atoms with Crippen molar-refractivity contribution < 1.29 is 13.6 Å². The molecule has 33 heavy (non-hydrogen) atoms. The summed E-state index contributed by atoms with van der Waals surface area (Å²) in [6.07, 6.45) is 5.16. The number of carbonyl (C=O) groups is 1. The van der Waals surface area contributed by atoms with E-state index in [4.69, 9.17) is 5.73 Å². The number of nitrogens with two attached hydrogens (primary N) is 1. The highest BCUT2D eigenvalue weighted by molar-refractivity contribution is 7.21. The zero-order valence-electron chi connectivity index (χ0n) is 18.7. The Morgan fingerprint density at radius 3 is 2.73 bits per heavy atom. The fourth-order valence-corrected chi connectivity index (χ4v) is 6.17. The van der Waals surface area contributed by atoms with Gasteiger partial charge < -0.3 is 16.0 Å². The molecule has 3 unspecified atom stereocenters. The van der Waals surface area contributed by atoms with Crippen LogP contribution >= 0.6 is 11.3 Å². The van der Waals surface area contributed by atoms with E-state index in [0.717, 1.165) is 18.8 Å². The molecule has 3 aromatic rings. The van der Waals surface area contributed by atoms with Gasteiger partial charge in [0.15, 0.2) is 0 Å². The first kappa shape index (κ1) is 22.0. The van der Waals surface area contributed by atoms with Gasteiger partial charge in [-0.15, -0.1) is 11.3 Å². The quantitative estimate of drug-likeness (QED) is 0.567.